The second-order valence-corrected chi connectivity index (χ2v) is 8.00. The van der Waals surface area contributed by atoms with Gasteiger partial charge in [-0.1, -0.05) is 30.3 Å². The van der Waals surface area contributed by atoms with E-state index in [-0.39, 0.29) is 0 Å². The second-order valence-electron chi connectivity index (χ2n) is 8.00. The molecule has 3 rings (SSSR count). The molecule has 1 amide bonds. The lowest BCUT2D eigenvalue weighted by molar-refractivity contribution is -0.131. The molecule has 2 fully saturated rings. The van der Waals surface area contributed by atoms with Gasteiger partial charge >= 0.3 is 0 Å². The first-order chi connectivity index (χ1) is 12.7. The SMILES string of the molecule is CN(CCC1CCCCO1)C(=O)CC1CCN(Cc2ccccc2)CC1. The molecule has 4 nitrogen and oxygen atoms in total. The number of piperidine rings is 1. The number of carbonyl (C=O) groups excluding carboxylic acids is 1. The van der Waals surface area contributed by atoms with Crippen LogP contribution in [0.15, 0.2) is 30.3 Å². The third-order valence-electron chi connectivity index (χ3n) is 5.91. The maximum absolute atomic E-state index is 12.5. The molecule has 0 spiro atoms. The molecular weight excluding hydrogens is 324 g/mol. The largest absolute Gasteiger partial charge is 0.378 e. The van der Waals surface area contributed by atoms with Crippen LogP contribution in [0.5, 0.6) is 0 Å². The number of likely N-dealkylation sites (tertiary alicyclic amines) is 1. The first kappa shape index (κ1) is 19.4. The number of carbonyl (C=O) groups is 1. The van der Waals surface area contributed by atoms with Crippen LogP contribution < -0.4 is 0 Å². The summed E-state index contributed by atoms with van der Waals surface area (Å²) in [7, 11) is 1.95. The van der Waals surface area contributed by atoms with E-state index in [1.54, 1.807) is 0 Å². The lowest BCUT2D eigenvalue weighted by Crippen LogP contribution is -2.37. The smallest absolute Gasteiger partial charge is 0.222 e. The second kappa shape index (κ2) is 10.1. The monoisotopic (exact) mass is 358 g/mol. The van der Waals surface area contributed by atoms with Crippen molar-refractivity contribution >= 4 is 5.91 Å². The van der Waals surface area contributed by atoms with Crippen LogP contribution in [0.1, 0.15) is 50.5 Å². The topological polar surface area (TPSA) is 32.8 Å². The third-order valence-corrected chi connectivity index (χ3v) is 5.91. The molecule has 2 aliphatic heterocycles. The fourth-order valence-electron chi connectivity index (χ4n) is 4.09. The minimum absolute atomic E-state index is 0.308. The predicted octanol–water partition coefficient (Wildman–Crippen LogP) is 3.71. The zero-order chi connectivity index (χ0) is 18.2. The van der Waals surface area contributed by atoms with Gasteiger partial charge in [0, 0.05) is 33.2 Å². The van der Waals surface area contributed by atoms with Gasteiger partial charge in [-0.15, -0.1) is 0 Å². The minimum atomic E-state index is 0.308. The highest BCUT2D eigenvalue weighted by Gasteiger charge is 2.23. The van der Waals surface area contributed by atoms with Crippen LogP contribution in [0.3, 0.4) is 0 Å². The van der Waals surface area contributed by atoms with E-state index in [4.69, 9.17) is 4.74 Å². The molecule has 0 aromatic heterocycles. The molecule has 1 atom stereocenters. The minimum Gasteiger partial charge on any atom is -0.378 e. The van der Waals surface area contributed by atoms with Crippen LogP contribution in [-0.2, 0) is 16.1 Å². The molecular formula is C22H34N2O2. The van der Waals surface area contributed by atoms with Crippen LogP contribution in [-0.4, -0.2) is 55.1 Å². The molecule has 0 bridgehead atoms. The van der Waals surface area contributed by atoms with Gasteiger partial charge in [-0.3, -0.25) is 9.69 Å². The molecule has 2 aliphatic rings. The van der Waals surface area contributed by atoms with Gasteiger partial charge in [-0.05, 0) is 63.1 Å². The predicted molar refractivity (Wildman–Crippen MR) is 105 cm³/mol. The van der Waals surface area contributed by atoms with E-state index in [0.29, 0.717) is 24.3 Å². The van der Waals surface area contributed by atoms with E-state index in [9.17, 15) is 4.79 Å². The van der Waals surface area contributed by atoms with Crippen LogP contribution in [0.2, 0.25) is 0 Å². The average molecular weight is 359 g/mol. The van der Waals surface area contributed by atoms with E-state index >= 15 is 0 Å². The normalized spacial score (nSPS) is 22.3. The number of nitrogens with zero attached hydrogens (tertiary/aromatic N) is 2. The van der Waals surface area contributed by atoms with Gasteiger partial charge in [0.05, 0.1) is 6.10 Å². The highest BCUT2D eigenvalue weighted by atomic mass is 16.5. The van der Waals surface area contributed by atoms with E-state index in [2.05, 4.69) is 35.2 Å². The summed E-state index contributed by atoms with van der Waals surface area (Å²) in [4.78, 5) is 17.0. The summed E-state index contributed by atoms with van der Waals surface area (Å²) in [6.45, 7) is 4.96. The molecule has 0 radical (unpaired) electrons. The van der Waals surface area contributed by atoms with Crippen molar-refractivity contribution < 1.29 is 9.53 Å². The first-order valence-corrected chi connectivity index (χ1v) is 10.3. The van der Waals surface area contributed by atoms with Crippen molar-refractivity contribution in [3.05, 3.63) is 35.9 Å². The number of ether oxygens (including phenoxy) is 1. The summed E-state index contributed by atoms with van der Waals surface area (Å²) in [5, 5.41) is 0. The molecule has 0 N–H and O–H groups in total. The van der Waals surface area contributed by atoms with Crippen LogP contribution in [0.25, 0.3) is 0 Å². The number of amides is 1. The summed E-state index contributed by atoms with van der Waals surface area (Å²) in [5.74, 6) is 0.852. The molecule has 4 heteroatoms. The lowest BCUT2D eigenvalue weighted by Gasteiger charge is -2.32. The average Bonchev–Trinajstić information content (AvgIpc) is 2.69. The Morgan fingerprint density at radius 2 is 1.92 bits per heavy atom. The van der Waals surface area contributed by atoms with Crippen molar-refractivity contribution in [1.29, 1.82) is 0 Å². The van der Waals surface area contributed by atoms with Crippen molar-refractivity contribution in [1.82, 2.24) is 9.80 Å². The Bertz CT molecular complexity index is 534. The first-order valence-electron chi connectivity index (χ1n) is 10.3. The molecule has 144 valence electrons. The molecule has 2 saturated heterocycles. The van der Waals surface area contributed by atoms with E-state index in [0.717, 1.165) is 58.5 Å². The Labute approximate surface area is 158 Å². The Hall–Kier alpha value is -1.39. The van der Waals surface area contributed by atoms with Crippen LogP contribution in [0.4, 0.5) is 0 Å². The van der Waals surface area contributed by atoms with Crippen molar-refractivity contribution in [3.63, 3.8) is 0 Å². The number of benzene rings is 1. The van der Waals surface area contributed by atoms with Gasteiger partial charge in [0.15, 0.2) is 0 Å². The van der Waals surface area contributed by atoms with Gasteiger partial charge < -0.3 is 9.64 Å². The van der Waals surface area contributed by atoms with Gasteiger partial charge in [0.1, 0.15) is 0 Å². The van der Waals surface area contributed by atoms with E-state index < -0.39 is 0 Å². The Balaban J connectivity index is 1.33. The molecule has 2 heterocycles. The van der Waals surface area contributed by atoms with Crippen LogP contribution >= 0.6 is 0 Å². The summed E-state index contributed by atoms with van der Waals surface area (Å²) >= 11 is 0. The summed E-state index contributed by atoms with van der Waals surface area (Å²) in [5.41, 5.74) is 1.38. The standard InChI is InChI=1S/C22H34N2O2/c1-23(13-12-21-9-5-6-16-26-21)22(25)17-19-10-14-24(15-11-19)18-20-7-3-2-4-8-20/h2-4,7-8,19,21H,5-6,9-18H2,1H3. The fourth-order valence-corrected chi connectivity index (χ4v) is 4.09. The zero-order valence-electron chi connectivity index (χ0n) is 16.2. The number of hydrogen-bond donors (Lipinski definition) is 0. The highest BCUT2D eigenvalue weighted by Crippen LogP contribution is 2.23. The van der Waals surface area contributed by atoms with E-state index in [1.165, 1.54) is 18.4 Å². The fraction of sp³-hybridized carbons (Fsp3) is 0.682. The molecule has 0 aliphatic carbocycles. The molecule has 26 heavy (non-hydrogen) atoms. The Morgan fingerprint density at radius 3 is 2.62 bits per heavy atom. The number of rotatable bonds is 7. The van der Waals surface area contributed by atoms with Gasteiger partial charge in [0.2, 0.25) is 5.91 Å². The molecule has 1 aromatic carbocycles. The maximum atomic E-state index is 12.5. The summed E-state index contributed by atoms with van der Waals surface area (Å²) in [6.07, 6.45) is 7.94. The molecule has 1 unspecified atom stereocenters. The molecule has 1 aromatic rings. The maximum Gasteiger partial charge on any atom is 0.222 e. The van der Waals surface area contributed by atoms with Crippen molar-refractivity contribution in [3.8, 4) is 0 Å². The van der Waals surface area contributed by atoms with Gasteiger partial charge in [-0.2, -0.15) is 0 Å². The quantitative estimate of drug-likeness (QED) is 0.745. The highest BCUT2D eigenvalue weighted by molar-refractivity contribution is 5.76. The number of hydrogen-bond acceptors (Lipinski definition) is 3. The van der Waals surface area contributed by atoms with E-state index in [1.807, 2.05) is 11.9 Å². The van der Waals surface area contributed by atoms with Crippen molar-refractivity contribution in [2.45, 2.75) is 57.6 Å². The molecule has 0 saturated carbocycles. The van der Waals surface area contributed by atoms with Gasteiger partial charge in [0.25, 0.3) is 0 Å². The third kappa shape index (κ3) is 6.10. The van der Waals surface area contributed by atoms with Crippen LogP contribution in [0, 0.1) is 5.92 Å². The summed E-state index contributed by atoms with van der Waals surface area (Å²) < 4.78 is 5.78. The van der Waals surface area contributed by atoms with Gasteiger partial charge in [-0.25, -0.2) is 0 Å². The Kier molecular flexibility index (Phi) is 7.51. The Morgan fingerprint density at radius 1 is 1.15 bits per heavy atom. The van der Waals surface area contributed by atoms with Crippen molar-refractivity contribution in [2.75, 3.05) is 33.3 Å². The lowest BCUT2D eigenvalue weighted by atomic mass is 9.92. The summed E-state index contributed by atoms with van der Waals surface area (Å²) in [6, 6.07) is 10.7. The zero-order valence-corrected chi connectivity index (χ0v) is 16.2. The van der Waals surface area contributed by atoms with Crippen molar-refractivity contribution in [2.24, 2.45) is 5.92 Å².